The largest absolute Gasteiger partial charge is 0.466 e. The zero-order valence-electron chi connectivity index (χ0n) is 15.1. The van der Waals surface area contributed by atoms with Gasteiger partial charge in [-0.3, -0.25) is 14.0 Å². The lowest BCUT2D eigenvalue weighted by molar-refractivity contribution is -0.144. The zero-order valence-corrected chi connectivity index (χ0v) is 16.0. The Morgan fingerprint density at radius 1 is 1.24 bits per heavy atom. The molecular formula is C18H29NO5S. The van der Waals surface area contributed by atoms with E-state index in [2.05, 4.69) is 11.1 Å². The fourth-order valence-electron chi connectivity index (χ4n) is 2.69. The third-order valence-corrected chi connectivity index (χ3v) is 4.46. The Bertz CT molecular complexity index is 589. The Morgan fingerprint density at radius 2 is 2.00 bits per heavy atom. The molecule has 0 aliphatic heterocycles. The molecule has 0 amide bonds. The van der Waals surface area contributed by atoms with Crippen LogP contribution in [0.2, 0.25) is 0 Å². The fourth-order valence-corrected chi connectivity index (χ4v) is 3.11. The minimum atomic E-state index is -3.38. The van der Waals surface area contributed by atoms with Crippen LogP contribution in [0.1, 0.15) is 51.0 Å². The average Bonchev–Trinajstić information content (AvgIpc) is 2.54. The number of pyridine rings is 1. The molecule has 1 aromatic rings. The molecule has 1 heterocycles. The molecule has 0 fully saturated rings. The van der Waals surface area contributed by atoms with E-state index in [1.807, 2.05) is 12.3 Å². The number of rotatable bonds is 13. The van der Waals surface area contributed by atoms with E-state index < -0.39 is 10.1 Å². The van der Waals surface area contributed by atoms with E-state index in [-0.39, 0.29) is 18.5 Å². The van der Waals surface area contributed by atoms with Crippen molar-refractivity contribution in [2.45, 2.75) is 51.9 Å². The Balaban J connectivity index is 2.36. The monoisotopic (exact) mass is 371 g/mol. The van der Waals surface area contributed by atoms with Gasteiger partial charge in [-0.25, -0.2) is 0 Å². The van der Waals surface area contributed by atoms with Gasteiger partial charge in [0.05, 0.1) is 19.5 Å². The lowest BCUT2D eigenvalue weighted by atomic mass is 9.92. The topological polar surface area (TPSA) is 82.6 Å². The first kappa shape index (κ1) is 21.6. The van der Waals surface area contributed by atoms with Crippen molar-refractivity contribution in [3.05, 3.63) is 30.1 Å². The van der Waals surface area contributed by atoms with Crippen molar-refractivity contribution in [1.82, 2.24) is 4.98 Å². The number of hydrogen-bond acceptors (Lipinski definition) is 6. The lowest BCUT2D eigenvalue weighted by Gasteiger charge is -2.16. The molecule has 0 radical (unpaired) electrons. The van der Waals surface area contributed by atoms with Crippen LogP contribution >= 0.6 is 0 Å². The lowest BCUT2D eigenvalue weighted by Crippen LogP contribution is -2.13. The number of esters is 1. The smallest absolute Gasteiger partial charge is 0.306 e. The quantitative estimate of drug-likeness (QED) is 0.301. The summed E-state index contributed by atoms with van der Waals surface area (Å²) >= 11 is 0. The normalized spacial score (nSPS) is 12.7. The van der Waals surface area contributed by atoms with E-state index in [0.717, 1.165) is 38.4 Å². The van der Waals surface area contributed by atoms with Gasteiger partial charge in [0, 0.05) is 18.8 Å². The van der Waals surface area contributed by atoms with Gasteiger partial charge in [-0.15, -0.1) is 0 Å². The van der Waals surface area contributed by atoms with Crippen molar-refractivity contribution in [1.29, 1.82) is 0 Å². The zero-order chi connectivity index (χ0) is 18.5. The highest BCUT2D eigenvalue weighted by atomic mass is 32.2. The summed E-state index contributed by atoms with van der Waals surface area (Å²) in [5.41, 5.74) is 1.19. The van der Waals surface area contributed by atoms with Crippen LogP contribution in [-0.4, -0.2) is 38.8 Å². The molecule has 1 aromatic heterocycles. The van der Waals surface area contributed by atoms with E-state index >= 15 is 0 Å². The van der Waals surface area contributed by atoms with Gasteiger partial charge in [0.15, 0.2) is 0 Å². The molecule has 0 bridgehead atoms. The van der Waals surface area contributed by atoms with Gasteiger partial charge >= 0.3 is 5.97 Å². The molecule has 1 atom stereocenters. The van der Waals surface area contributed by atoms with Crippen LogP contribution in [-0.2, 0) is 30.3 Å². The van der Waals surface area contributed by atoms with Crippen LogP contribution in [0.3, 0.4) is 0 Å². The van der Waals surface area contributed by atoms with Crippen LogP contribution in [0.15, 0.2) is 24.5 Å². The predicted octanol–water partition coefficient (Wildman–Crippen LogP) is 3.12. The molecule has 0 aliphatic carbocycles. The van der Waals surface area contributed by atoms with E-state index in [0.29, 0.717) is 19.4 Å². The second kappa shape index (κ2) is 12.0. The summed E-state index contributed by atoms with van der Waals surface area (Å²) in [6.45, 7) is 2.39. The summed E-state index contributed by atoms with van der Waals surface area (Å²) in [6.07, 6.45) is 10.3. The van der Waals surface area contributed by atoms with Gasteiger partial charge in [0.25, 0.3) is 10.1 Å². The average molecular weight is 371 g/mol. The van der Waals surface area contributed by atoms with Crippen LogP contribution in [0.4, 0.5) is 0 Å². The number of hydrogen-bond donors (Lipinski definition) is 0. The highest BCUT2D eigenvalue weighted by Gasteiger charge is 2.15. The number of carbonyl (C=O) groups excluding carboxylic acids is 1. The molecule has 0 N–H and O–H groups in total. The fraction of sp³-hybridized carbons (Fsp3) is 0.667. The van der Waals surface area contributed by atoms with E-state index in [9.17, 15) is 13.2 Å². The maximum Gasteiger partial charge on any atom is 0.306 e. The summed E-state index contributed by atoms with van der Waals surface area (Å²) in [7, 11) is -3.38. The third kappa shape index (κ3) is 11.7. The minimum Gasteiger partial charge on any atom is -0.466 e. The number of ether oxygens (including phenoxy) is 1. The van der Waals surface area contributed by atoms with Crippen LogP contribution in [0, 0.1) is 5.92 Å². The van der Waals surface area contributed by atoms with Crippen LogP contribution in [0.5, 0.6) is 0 Å². The maximum absolute atomic E-state index is 11.8. The number of aryl methyl sites for hydroxylation is 1. The summed E-state index contributed by atoms with van der Waals surface area (Å²) in [4.78, 5) is 15.9. The predicted molar refractivity (Wildman–Crippen MR) is 96.6 cm³/mol. The van der Waals surface area contributed by atoms with Crippen molar-refractivity contribution in [2.75, 3.05) is 19.5 Å². The van der Waals surface area contributed by atoms with Crippen molar-refractivity contribution in [2.24, 2.45) is 5.92 Å². The molecule has 0 spiro atoms. The number of carbonyl (C=O) groups is 1. The number of aromatic nitrogens is 1. The molecule has 7 heteroatoms. The molecule has 0 aromatic carbocycles. The van der Waals surface area contributed by atoms with Gasteiger partial charge < -0.3 is 4.74 Å². The molecule has 6 nitrogen and oxygen atoms in total. The van der Waals surface area contributed by atoms with E-state index in [1.54, 1.807) is 13.1 Å². The van der Waals surface area contributed by atoms with Gasteiger partial charge in [-0.05, 0) is 56.6 Å². The Labute approximate surface area is 151 Å². The van der Waals surface area contributed by atoms with Crippen LogP contribution < -0.4 is 0 Å². The SMILES string of the molecule is CCOC(=O)CC(CCCCOS(C)(=O)=O)CCCc1cccnc1. The van der Waals surface area contributed by atoms with Crippen LogP contribution in [0.25, 0.3) is 0 Å². The highest BCUT2D eigenvalue weighted by Crippen LogP contribution is 2.21. The van der Waals surface area contributed by atoms with Gasteiger partial charge in [-0.1, -0.05) is 12.5 Å². The molecular weight excluding hydrogens is 342 g/mol. The highest BCUT2D eigenvalue weighted by molar-refractivity contribution is 7.85. The van der Waals surface area contributed by atoms with E-state index in [1.165, 1.54) is 5.56 Å². The number of unbranched alkanes of at least 4 members (excludes halogenated alkanes) is 1. The second-order valence-corrected chi connectivity index (χ2v) is 7.79. The van der Waals surface area contributed by atoms with Gasteiger partial charge in [0.1, 0.15) is 0 Å². The summed E-state index contributed by atoms with van der Waals surface area (Å²) in [5, 5.41) is 0. The number of nitrogens with zero attached hydrogens (tertiary/aromatic N) is 1. The van der Waals surface area contributed by atoms with Crippen molar-refractivity contribution in [3.63, 3.8) is 0 Å². The van der Waals surface area contributed by atoms with E-state index in [4.69, 9.17) is 8.92 Å². The second-order valence-electron chi connectivity index (χ2n) is 6.15. The minimum absolute atomic E-state index is 0.165. The van der Waals surface area contributed by atoms with Crippen molar-refractivity contribution in [3.8, 4) is 0 Å². The van der Waals surface area contributed by atoms with Gasteiger partial charge in [0.2, 0.25) is 0 Å². The molecule has 0 aliphatic rings. The maximum atomic E-state index is 11.8. The molecule has 0 saturated carbocycles. The molecule has 0 saturated heterocycles. The molecule has 1 rings (SSSR count). The first-order valence-electron chi connectivity index (χ1n) is 8.79. The van der Waals surface area contributed by atoms with Crippen molar-refractivity contribution >= 4 is 16.1 Å². The first-order chi connectivity index (χ1) is 11.9. The molecule has 25 heavy (non-hydrogen) atoms. The molecule has 142 valence electrons. The van der Waals surface area contributed by atoms with Crippen molar-refractivity contribution < 1.29 is 22.1 Å². The van der Waals surface area contributed by atoms with Gasteiger partial charge in [-0.2, -0.15) is 8.42 Å². The summed E-state index contributed by atoms with van der Waals surface area (Å²) in [6, 6.07) is 3.98. The Kier molecular flexibility index (Phi) is 10.3. The summed E-state index contributed by atoms with van der Waals surface area (Å²) in [5.74, 6) is 0.0789. The first-order valence-corrected chi connectivity index (χ1v) is 10.6. The standard InChI is InChI=1S/C18H29NO5S/c1-3-23-18(20)14-16(8-4-5-13-24-25(2,21)22)9-6-10-17-11-7-12-19-15-17/h7,11-12,15-16H,3-6,8-10,13-14H2,1-2H3. The Hall–Kier alpha value is -1.47. The summed E-state index contributed by atoms with van der Waals surface area (Å²) < 4.78 is 31.7. The Morgan fingerprint density at radius 3 is 2.64 bits per heavy atom. The molecule has 1 unspecified atom stereocenters. The third-order valence-electron chi connectivity index (χ3n) is 3.87.